The van der Waals surface area contributed by atoms with Crippen molar-refractivity contribution in [3.8, 4) is 0 Å². The van der Waals surface area contributed by atoms with Crippen LogP contribution in [0, 0.1) is 11.8 Å². The van der Waals surface area contributed by atoms with Crippen LogP contribution in [0.15, 0.2) is 30.3 Å². The summed E-state index contributed by atoms with van der Waals surface area (Å²) in [5.74, 6) is -1.13. The van der Waals surface area contributed by atoms with Gasteiger partial charge in [-0.3, -0.25) is 9.59 Å². The van der Waals surface area contributed by atoms with Gasteiger partial charge in [0.15, 0.2) is 0 Å². The molecule has 1 heterocycles. The molecule has 27 heavy (non-hydrogen) atoms. The van der Waals surface area contributed by atoms with Gasteiger partial charge in [0, 0.05) is 25.4 Å². The van der Waals surface area contributed by atoms with Crippen LogP contribution < -0.4 is 5.32 Å². The van der Waals surface area contributed by atoms with Crippen molar-refractivity contribution in [3.63, 3.8) is 0 Å². The van der Waals surface area contributed by atoms with Crippen molar-refractivity contribution in [3.05, 3.63) is 35.9 Å². The van der Waals surface area contributed by atoms with Crippen molar-refractivity contribution in [2.24, 2.45) is 11.8 Å². The molecule has 2 N–H and O–H groups in total. The van der Waals surface area contributed by atoms with Crippen LogP contribution in [-0.2, 0) is 20.8 Å². The number of benzene rings is 1. The first kappa shape index (κ1) is 20.9. The van der Waals surface area contributed by atoms with E-state index in [1.54, 1.807) is 0 Å². The first-order valence-corrected chi connectivity index (χ1v) is 9.71. The minimum Gasteiger partial charge on any atom is -0.480 e. The lowest BCUT2D eigenvalue weighted by atomic mass is 9.94. The van der Waals surface area contributed by atoms with Crippen molar-refractivity contribution >= 4 is 17.8 Å². The average molecular weight is 374 g/mol. The Morgan fingerprint density at radius 1 is 1.15 bits per heavy atom. The Morgan fingerprint density at radius 3 is 2.33 bits per heavy atom. The van der Waals surface area contributed by atoms with E-state index in [4.69, 9.17) is 0 Å². The first-order chi connectivity index (χ1) is 12.9. The Labute approximate surface area is 160 Å². The number of amides is 2. The van der Waals surface area contributed by atoms with E-state index in [0.29, 0.717) is 38.8 Å². The van der Waals surface area contributed by atoms with E-state index in [9.17, 15) is 19.5 Å². The van der Waals surface area contributed by atoms with Crippen LogP contribution in [0.2, 0.25) is 0 Å². The summed E-state index contributed by atoms with van der Waals surface area (Å²) in [4.78, 5) is 37.9. The Hall–Kier alpha value is -2.37. The van der Waals surface area contributed by atoms with Crippen LogP contribution >= 0.6 is 0 Å². The number of piperidine rings is 1. The zero-order valence-electron chi connectivity index (χ0n) is 16.2. The molecular weight excluding hydrogens is 344 g/mol. The van der Waals surface area contributed by atoms with E-state index < -0.39 is 12.0 Å². The predicted molar refractivity (Wildman–Crippen MR) is 103 cm³/mol. The number of nitrogens with zero attached hydrogens (tertiary/aromatic N) is 1. The van der Waals surface area contributed by atoms with Gasteiger partial charge in [-0.2, -0.15) is 0 Å². The zero-order valence-corrected chi connectivity index (χ0v) is 16.2. The third-order valence-electron chi connectivity index (χ3n) is 5.01. The van der Waals surface area contributed by atoms with Crippen LogP contribution in [0.1, 0.15) is 45.1 Å². The highest BCUT2D eigenvalue weighted by molar-refractivity contribution is 5.85. The molecule has 0 aromatic heterocycles. The van der Waals surface area contributed by atoms with Gasteiger partial charge in [0.1, 0.15) is 6.04 Å². The molecule has 1 saturated heterocycles. The van der Waals surface area contributed by atoms with Gasteiger partial charge in [-0.15, -0.1) is 0 Å². The third kappa shape index (κ3) is 6.70. The summed E-state index contributed by atoms with van der Waals surface area (Å²) < 4.78 is 0. The number of rotatable bonds is 8. The van der Waals surface area contributed by atoms with E-state index in [2.05, 4.69) is 5.32 Å². The van der Waals surface area contributed by atoms with Gasteiger partial charge in [0.25, 0.3) is 0 Å². The maximum atomic E-state index is 12.4. The molecule has 6 heteroatoms. The van der Waals surface area contributed by atoms with Gasteiger partial charge in [0.2, 0.25) is 11.8 Å². The molecule has 1 aromatic rings. The largest absolute Gasteiger partial charge is 0.480 e. The molecule has 0 aliphatic carbocycles. The lowest BCUT2D eigenvalue weighted by Crippen LogP contribution is -2.47. The van der Waals surface area contributed by atoms with Crippen LogP contribution in [0.25, 0.3) is 0 Å². The summed E-state index contributed by atoms with van der Waals surface area (Å²) in [6.07, 6.45) is 2.76. The van der Waals surface area contributed by atoms with Crippen LogP contribution in [0.3, 0.4) is 0 Å². The first-order valence-electron chi connectivity index (χ1n) is 9.71. The molecule has 0 spiro atoms. The highest BCUT2D eigenvalue weighted by Gasteiger charge is 2.30. The molecule has 1 fully saturated rings. The number of carboxylic acid groups (broad SMARTS) is 1. The van der Waals surface area contributed by atoms with E-state index in [1.165, 1.54) is 0 Å². The van der Waals surface area contributed by atoms with E-state index in [-0.39, 0.29) is 23.7 Å². The number of carbonyl (C=O) groups excluding carboxylic acids is 2. The number of carbonyl (C=O) groups is 3. The van der Waals surface area contributed by atoms with Gasteiger partial charge in [-0.1, -0.05) is 44.2 Å². The van der Waals surface area contributed by atoms with Crippen molar-refractivity contribution in [1.82, 2.24) is 10.2 Å². The number of aliphatic carboxylic acids is 1. The van der Waals surface area contributed by atoms with Crippen LogP contribution in [0.5, 0.6) is 0 Å². The molecule has 148 valence electrons. The van der Waals surface area contributed by atoms with E-state index >= 15 is 0 Å². The van der Waals surface area contributed by atoms with Crippen molar-refractivity contribution < 1.29 is 19.5 Å². The topological polar surface area (TPSA) is 86.7 Å². The molecule has 1 aliphatic rings. The fraction of sp³-hybridized carbons (Fsp3) is 0.571. The molecule has 0 radical (unpaired) electrons. The number of carboxylic acids is 1. The fourth-order valence-electron chi connectivity index (χ4n) is 3.43. The van der Waals surface area contributed by atoms with Crippen molar-refractivity contribution in [1.29, 1.82) is 0 Å². The van der Waals surface area contributed by atoms with Crippen LogP contribution in [0.4, 0.5) is 0 Å². The lowest BCUT2D eigenvalue weighted by Gasteiger charge is -2.32. The molecule has 1 unspecified atom stereocenters. The Balaban J connectivity index is 1.77. The maximum absolute atomic E-state index is 12.4. The third-order valence-corrected chi connectivity index (χ3v) is 5.01. The van der Waals surface area contributed by atoms with Gasteiger partial charge in [-0.25, -0.2) is 4.79 Å². The molecular formula is C21H30N2O4. The molecule has 1 aromatic carbocycles. The minimum absolute atomic E-state index is 0.112. The number of hydrogen-bond acceptors (Lipinski definition) is 3. The van der Waals surface area contributed by atoms with Crippen molar-refractivity contribution in [2.75, 3.05) is 13.1 Å². The van der Waals surface area contributed by atoms with Crippen LogP contribution in [-0.4, -0.2) is 46.9 Å². The predicted octanol–water partition coefficient (Wildman–Crippen LogP) is 2.47. The number of nitrogens with one attached hydrogen (secondary N) is 1. The number of likely N-dealkylation sites (tertiary alicyclic amines) is 1. The van der Waals surface area contributed by atoms with E-state index in [0.717, 1.165) is 12.0 Å². The Morgan fingerprint density at radius 2 is 1.78 bits per heavy atom. The second kappa shape index (κ2) is 10.1. The number of hydrogen-bond donors (Lipinski definition) is 2. The summed E-state index contributed by atoms with van der Waals surface area (Å²) >= 11 is 0. The Kier molecular flexibility index (Phi) is 7.82. The number of aryl methyl sites for hydroxylation is 1. The van der Waals surface area contributed by atoms with E-state index in [1.807, 2.05) is 49.1 Å². The highest BCUT2D eigenvalue weighted by atomic mass is 16.4. The molecule has 6 nitrogen and oxygen atoms in total. The second-order valence-corrected chi connectivity index (χ2v) is 7.67. The molecule has 1 atom stereocenters. The van der Waals surface area contributed by atoms with Gasteiger partial charge in [-0.05, 0) is 37.2 Å². The summed E-state index contributed by atoms with van der Waals surface area (Å²) in [5, 5.41) is 11.9. The molecule has 2 amide bonds. The van der Waals surface area contributed by atoms with Gasteiger partial charge < -0.3 is 15.3 Å². The summed E-state index contributed by atoms with van der Waals surface area (Å²) in [6.45, 7) is 4.96. The normalized spacial score (nSPS) is 16.2. The monoisotopic (exact) mass is 374 g/mol. The summed E-state index contributed by atoms with van der Waals surface area (Å²) in [6, 6.07) is 9.07. The minimum atomic E-state index is -0.995. The molecule has 2 rings (SSSR count). The summed E-state index contributed by atoms with van der Waals surface area (Å²) in [5.41, 5.74) is 1.14. The lowest BCUT2D eigenvalue weighted by molar-refractivity contribution is -0.143. The molecule has 1 aliphatic heterocycles. The SMILES string of the molecule is CC(C)CC(NC(=O)C1CCN(C(=O)CCc2ccccc2)CC1)C(=O)O. The average Bonchev–Trinajstić information content (AvgIpc) is 2.66. The molecule has 0 saturated carbocycles. The summed E-state index contributed by atoms with van der Waals surface area (Å²) in [7, 11) is 0. The fourth-order valence-corrected chi connectivity index (χ4v) is 3.43. The maximum Gasteiger partial charge on any atom is 0.326 e. The molecule has 0 bridgehead atoms. The zero-order chi connectivity index (χ0) is 19.8. The quantitative estimate of drug-likeness (QED) is 0.732. The van der Waals surface area contributed by atoms with Gasteiger partial charge in [0.05, 0.1) is 0 Å². The second-order valence-electron chi connectivity index (χ2n) is 7.67. The standard InChI is InChI=1S/C21H30N2O4/c1-15(2)14-18(21(26)27)22-20(25)17-10-12-23(13-11-17)19(24)9-8-16-6-4-3-5-7-16/h3-7,15,17-18H,8-14H2,1-2H3,(H,22,25)(H,26,27). The van der Waals surface area contributed by atoms with Gasteiger partial charge >= 0.3 is 5.97 Å². The smallest absolute Gasteiger partial charge is 0.326 e. The highest BCUT2D eigenvalue weighted by Crippen LogP contribution is 2.19. The van der Waals surface area contributed by atoms with Crippen molar-refractivity contribution in [2.45, 2.75) is 52.0 Å². The Bertz CT molecular complexity index is 637.